The van der Waals surface area contributed by atoms with Crippen molar-refractivity contribution in [1.29, 1.82) is 0 Å². The number of nitrogens with zero attached hydrogens (tertiary/aromatic N) is 5. The molecule has 4 rings (SSSR count). The molecule has 36 heavy (non-hydrogen) atoms. The van der Waals surface area contributed by atoms with Gasteiger partial charge < -0.3 is 9.47 Å². The fourth-order valence-electron chi connectivity index (χ4n) is 4.11. The van der Waals surface area contributed by atoms with Gasteiger partial charge in [0.15, 0.2) is 11.3 Å². The SMILES string of the molecule is COc1cc(-c2cc(C)c3c(n2)C(C)(C(F)(F)F)N(c2cnn(CC(F)(F)F)c2)C3=O)cnc1OC. The fraction of sp³-hybridized carbons (Fsp3) is 0.364. The number of pyridine rings is 2. The van der Waals surface area contributed by atoms with Crippen LogP contribution in [0.3, 0.4) is 0 Å². The largest absolute Gasteiger partial charge is 0.491 e. The molecular weight excluding hydrogens is 496 g/mol. The molecule has 3 aromatic heterocycles. The lowest BCUT2D eigenvalue weighted by atomic mass is 9.93. The molecule has 0 saturated carbocycles. The van der Waals surface area contributed by atoms with Crippen LogP contribution in [0.1, 0.15) is 28.5 Å². The van der Waals surface area contributed by atoms with E-state index in [1.807, 2.05) is 0 Å². The summed E-state index contributed by atoms with van der Waals surface area (Å²) in [5.74, 6) is -0.696. The van der Waals surface area contributed by atoms with Crippen LogP contribution < -0.4 is 14.4 Å². The molecule has 0 radical (unpaired) electrons. The van der Waals surface area contributed by atoms with E-state index in [-0.39, 0.29) is 28.5 Å². The molecule has 0 N–H and O–H groups in total. The minimum atomic E-state index is -5.05. The second-order valence-corrected chi connectivity index (χ2v) is 8.21. The highest BCUT2D eigenvalue weighted by molar-refractivity contribution is 6.12. The molecule has 4 heterocycles. The maximum Gasteiger partial charge on any atom is 0.417 e. The molecule has 1 unspecified atom stereocenters. The number of rotatable bonds is 5. The van der Waals surface area contributed by atoms with Crippen molar-refractivity contribution in [3.05, 3.63) is 47.5 Å². The Morgan fingerprint density at radius 2 is 1.75 bits per heavy atom. The third-order valence-electron chi connectivity index (χ3n) is 5.84. The summed E-state index contributed by atoms with van der Waals surface area (Å²) in [6.45, 7) is 0.669. The van der Waals surface area contributed by atoms with Crippen molar-refractivity contribution < 1.29 is 40.6 Å². The van der Waals surface area contributed by atoms with E-state index in [0.29, 0.717) is 15.1 Å². The van der Waals surface area contributed by atoms with Gasteiger partial charge in [0.05, 0.1) is 43.1 Å². The first-order valence-electron chi connectivity index (χ1n) is 10.3. The first kappa shape index (κ1) is 25.3. The molecule has 192 valence electrons. The summed E-state index contributed by atoms with van der Waals surface area (Å²) in [5.41, 5.74) is -3.75. The van der Waals surface area contributed by atoms with E-state index in [4.69, 9.17) is 9.47 Å². The Balaban J connectivity index is 1.88. The van der Waals surface area contributed by atoms with Crippen LogP contribution in [-0.2, 0) is 12.1 Å². The standard InChI is InChI=1S/C22H19F6N5O3/c1-11-5-14(12-6-15(35-3)18(36-4)29-7-12)31-17-16(11)19(34)33(20(17,2)22(26,27)28)13-8-30-32(9-13)10-21(23,24)25/h5-9H,10H2,1-4H3. The number of hydrogen-bond acceptors (Lipinski definition) is 6. The van der Waals surface area contributed by atoms with E-state index < -0.39 is 41.7 Å². The average molecular weight is 515 g/mol. The normalized spacial score (nSPS) is 17.9. The molecule has 0 aliphatic carbocycles. The van der Waals surface area contributed by atoms with Gasteiger partial charge in [0, 0.05) is 18.0 Å². The van der Waals surface area contributed by atoms with Crippen LogP contribution in [0, 0.1) is 6.92 Å². The third kappa shape index (κ3) is 3.99. The van der Waals surface area contributed by atoms with Crippen LogP contribution in [-0.4, -0.2) is 52.2 Å². The van der Waals surface area contributed by atoms with E-state index in [1.165, 1.54) is 39.5 Å². The van der Waals surface area contributed by atoms with Gasteiger partial charge in [-0.2, -0.15) is 31.4 Å². The molecule has 0 aromatic carbocycles. The average Bonchev–Trinajstić information content (AvgIpc) is 3.31. The topological polar surface area (TPSA) is 82.4 Å². The number of hydrogen-bond donors (Lipinski definition) is 0. The fourth-order valence-corrected chi connectivity index (χ4v) is 4.11. The minimum Gasteiger partial charge on any atom is -0.491 e. The molecule has 8 nitrogen and oxygen atoms in total. The second-order valence-electron chi connectivity index (χ2n) is 8.21. The number of fused-ring (bicyclic) bond motifs is 1. The number of anilines is 1. The van der Waals surface area contributed by atoms with Gasteiger partial charge in [0.25, 0.3) is 11.8 Å². The molecule has 1 atom stereocenters. The Morgan fingerprint density at radius 1 is 1.06 bits per heavy atom. The summed E-state index contributed by atoms with van der Waals surface area (Å²) in [5, 5.41) is 3.49. The van der Waals surface area contributed by atoms with Crippen LogP contribution in [0.2, 0.25) is 0 Å². The zero-order valence-corrected chi connectivity index (χ0v) is 19.3. The van der Waals surface area contributed by atoms with E-state index in [1.54, 1.807) is 0 Å². The van der Waals surface area contributed by atoms with Crippen molar-refractivity contribution in [3.63, 3.8) is 0 Å². The van der Waals surface area contributed by atoms with Gasteiger partial charge in [0.1, 0.15) is 6.54 Å². The molecule has 1 aliphatic heterocycles. The predicted molar refractivity (Wildman–Crippen MR) is 114 cm³/mol. The van der Waals surface area contributed by atoms with Crippen molar-refractivity contribution >= 4 is 11.6 Å². The number of ether oxygens (including phenoxy) is 2. The van der Waals surface area contributed by atoms with Crippen molar-refractivity contribution in [1.82, 2.24) is 19.7 Å². The molecule has 0 saturated heterocycles. The van der Waals surface area contributed by atoms with E-state index in [0.717, 1.165) is 19.3 Å². The number of methoxy groups -OCH3 is 2. The van der Waals surface area contributed by atoms with Gasteiger partial charge >= 0.3 is 12.4 Å². The molecule has 1 aliphatic rings. The summed E-state index contributed by atoms with van der Waals surface area (Å²) < 4.78 is 92.8. The highest BCUT2D eigenvalue weighted by Crippen LogP contribution is 2.52. The molecule has 0 bridgehead atoms. The Labute approximate surface area is 200 Å². The number of aryl methyl sites for hydroxylation is 1. The number of halogens is 6. The Morgan fingerprint density at radius 3 is 2.33 bits per heavy atom. The van der Waals surface area contributed by atoms with Crippen LogP contribution in [0.25, 0.3) is 11.3 Å². The van der Waals surface area contributed by atoms with Gasteiger partial charge in [-0.3, -0.25) is 14.4 Å². The Hall–Kier alpha value is -3.84. The zero-order valence-electron chi connectivity index (χ0n) is 19.3. The van der Waals surface area contributed by atoms with E-state index in [9.17, 15) is 31.1 Å². The Bertz CT molecular complexity index is 1340. The lowest BCUT2D eigenvalue weighted by Gasteiger charge is -2.36. The monoisotopic (exact) mass is 515 g/mol. The van der Waals surface area contributed by atoms with Crippen molar-refractivity contribution in [2.45, 2.75) is 38.3 Å². The number of carbonyl (C=O) groups is 1. The van der Waals surface area contributed by atoms with Gasteiger partial charge in [-0.25, -0.2) is 9.97 Å². The smallest absolute Gasteiger partial charge is 0.417 e. The molecule has 14 heteroatoms. The predicted octanol–water partition coefficient (Wildman–Crippen LogP) is 4.67. The molecule has 1 amide bonds. The summed E-state index contributed by atoms with van der Waals surface area (Å²) in [6, 6.07) is 2.90. The quantitative estimate of drug-likeness (QED) is 0.460. The summed E-state index contributed by atoms with van der Waals surface area (Å²) in [4.78, 5) is 21.9. The van der Waals surface area contributed by atoms with Gasteiger partial charge in [-0.15, -0.1) is 0 Å². The van der Waals surface area contributed by atoms with Crippen LogP contribution in [0.5, 0.6) is 11.6 Å². The number of carbonyl (C=O) groups excluding carboxylic acids is 1. The van der Waals surface area contributed by atoms with Crippen LogP contribution in [0.4, 0.5) is 32.0 Å². The number of amides is 1. The lowest BCUT2D eigenvalue weighted by molar-refractivity contribution is -0.183. The summed E-state index contributed by atoms with van der Waals surface area (Å²) in [6.07, 6.45) is -6.84. The second kappa shape index (κ2) is 8.38. The number of alkyl halides is 6. The van der Waals surface area contributed by atoms with E-state index >= 15 is 0 Å². The minimum absolute atomic E-state index is 0.0811. The molecular formula is C22H19F6N5O3. The maximum atomic E-state index is 14.6. The summed E-state index contributed by atoms with van der Waals surface area (Å²) in [7, 11) is 2.73. The van der Waals surface area contributed by atoms with Gasteiger partial charge in [-0.1, -0.05) is 0 Å². The first-order valence-corrected chi connectivity index (χ1v) is 10.3. The highest BCUT2D eigenvalue weighted by atomic mass is 19.4. The van der Waals surface area contributed by atoms with Crippen LogP contribution in [0.15, 0.2) is 30.7 Å². The van der Waals surface area contributed by atoms with E-state index in [2.05, 4.69) is 15.1 Å². The van der Waals surface area contributed by atoms with Crippen molar-refractivity contribution in [2.24, 2.45) is 0 Å². The van der Waals surface area contributed by atoms with Gasteiger partial charge in [0.2, 0.25) is 0 Å². The molecule has 3 aromatic rings. The highest BCUT2D eigenvalue weighted by Gasteiger charge is 2.65. The zero-order chi connectivity index (χ0) is 26.6. The Kier molecular flexibility index (Phi) is 5.88. The van der Waals surface area contributed by atoms with Crippen LogP contribution >= 0.6 is 0 Å². The van der Waals surface area contributed by atoms with Gasteiger partial charge in [-0.05, 0) is 31.5 Å². The molecule has 0 spiro atoms. The number of aromatic nitrogens is 4. The third-order valence-corrected chi connectivity index (χ3v) is 5.84. The van der Waals surface area contributed by atoms with Crippen molar-refractivity contribution in [3.8, 4) is 22.9 Å². The maximum absolute atomic E-state index is 14.6. The lowest BCUT2D eigenvalue weighted by Crippen LogP contribution is -2.52. The molecule has 0 fully saturated rings. The van der Waals surface area contributed by atoms with Crippen molar-refractivity contribution in [2.75, 3.05) is 19.1 Å². The summed E-state index contributed by atoms with van der Waals surface area (Å²) >= 11 is 0. The first-order chi connectivity index (χ1) is 16.7.